The van der Waals surface area contributed by atoms with E-state index in [4.69, 9.17) is 29.4 Å². The fourth-order valence-corrected chi connectivity index (χ4v) is 4.37. The van der Waals surface area contributed by atoms with Crippen molar-refractivity contribution >= 4 is 40.5 Å². The number of hydrogen-bond donors (Lipinski definition) is 1. The summed E-state index contributed by atoms with van der Waals surface area (Å²) in [6.07, 6.45) is 3.12. The molecule has 0 spiro atoms. The van der Waals surface area contributed by atoms with E-state index in [0.717, 1.165) is 67.9 Å². The van der Waals surface area contributed by atoms with Gasteiger partial charge in [-0.15, -0.1) is 0 Å². The first kappa shape index (κ1) is 20.0. The average molecular weight is 449 g/mol. The largest absolute Gasteiger partial charge is 0.494 e. The molecular weight excluding hydrogens is 421 g/mol. The summed E-state index contributed by atoms with van der Waals surface area (Å²) in [6, 6.07) is 11.5. The van der Waals surface area contributed by atoms with Crippen molar-refractivity contribution in [1.82, 2.24) is 4.90 Å². The normalized spacial score (nSPS) is 17.7. The molecule has 7 heteroatoms. The number of nitrogens with zero attached hydrogens (tertiary/aromatic N) is 2. The fraction of sp³-hybridized carbons (Fsp3) is 0.435. The van der Waals surface area contributed by atoms with Gasteiger partial charge in [0.05, 0.1) is 22.3 Å². The van der Waals surface area contributed by atoms with Crippen LogP contribution in [0.4, 0.5) is 11.4 Å². The van der Waals surface area contributed by atoms with Gasteiger partial charge >= 0.3 is 0 Å². The molecule has 1 saturated heterocycles. The number of aryl methyl sites for hydroxylation is 1. The van der Waals surface area contributed by atoms with Crippen LogP contribution in [0.1, 0.15) is 24.8 Å². The minimum absolute atomic E-state index is 0.164. The molecular formula is C23H27Cl2N3O2. The molecule has 2 aliphatic heterocycles. The predicted molar refractivity (Wildman–Crippen MR) is 123 cm³/mol. The van der Waals surface area contributed by atoms with Gasteiger partial charge in [-0.3, -0.25) is 9.69 Å². The summed E-state index contributed by atoms with van der Waals surface area (Å²) in [5.41, 5.74) is 2.69. The molecule has 1 amide bonds. The fourth-order valence-electron chi connectivity index (χ4n) is 3.96. The molecule has 160 valence electrons. The second-order valence-corrected chi connectivity index (χ2v) is 8.54. The molecule has 5 nitrogen and oxygen atoms in total. The summed E-state index contributed by atoms with van der Waals surface area (Å²) in [5.74, 6) is 0.556. The number of amides is 1. The number of piperazine rings is 1. The summed E-state index contributed by atoms with van der Waals surface area (Å²) in [6.45, 7) is 5.55. The van der Waals surface area contributed by atoms with E-state index in [0.29, 0.717) is 35.2 Å². The number of nitrogens with one attached hydrogen (secondary N) is 1. The van der Waals surface area contributed by atoms with Crippen molar-refractivity contribution in [2.75, 3.05) is 49.5 Å². The molecule has 1 fully saturated rings. The number of anilines is 2. The van der Waals surface area contributed by atoms with Crippen LogP contribution in [-0.4, -0.2) is 50.1 Å². The zero-order valence-corrected chi connectivity index (χ0v) is 18.5. The van der Waals surface area contributed by atoms with E-state index in [-0.39, 0.29) is 5.91 Å². The Morgan fingerprint density at radius 2 is 1.90 bits per heavy atom. The van der Waals surface area contributed by atoms with Gasteiger partial charge in [0.25, 0.3) is 0 Å². The highest BCUT2D eigenvalue weighted by atomic mass is 35.5. The Morgan fingerprint density at radius 1 is 1.07 bits per heavy atom. The Hall–Kier alpha value is -1.95. The van der Waals surface area contributed by atoms with E-state index in [1.54, 1.807) is 6.07 Å². The molecule has 4 rings (SSSR count). The maximum Gasteiger partial charge on any atom is 0.224 e. The number of ether oxygens (including phenoxy) is 1. The third-order valence-corrected chi connectivity index (χ3v) is 6.50. The zero-order chi connectivity index (χ0) is 21.8. The third-order valence-electron chi connectivity index (χ3n) is 5.69. The number of carbonyl (C=O) groups excluding carboxylic acids is 1. The van der Waals surface area contributed by atoms with E-state index in [9.17, 15) is 4.79 Å². The van der Waals surface area contributed by atoms with Crippen LogP contribution < -0.4 is 14.9 Å². The van der Waals surface area contributed by atoms with E-state index < -0.39 is 0 Å². The predicted octanol–water partition coefficient (Wildman–Crippen LogP) is 4.86. The molecule has 2 aromatic rings. The number of rotatable bonds is 7. The molecule has 2 aliphatic rings. The van der Waals surface area contributed by atoms with Crippen LogP contribution in [0.25, 0.3) is 0 Å². The monoisotopic (exact) mass is 448 g/mol. The second-order valence-electron chi connectivity index (χ2n) is 7.75. The van der Waals surface area contributed by atoms with Gasteiger partial charge in [-0.2, -0.15) is 0 Å². The van der Waals surface area contributed by atoms with E-state index in [1.165, 1.54) is 0 Å². The van der Waals surface area contributed by atoms with Crippen molar-refractivity contribution in [3.8, 4) is 5.75 Å². The van der Waals surface area contributed by atoms with Gasteiger partial charge in [-0.05, 0) is 49.6 Å². The van der Waals surface area contributed by atoms with Crippen molar-refractivity contribution in [3.63, 3.8) is 0 Å². The van der Waals surface area contributed by atoms with Crippen LogP contribution >= 0.6 is 23.2 Å². The van der Waals surface area contributed by atoms with Crippen LogP contribution in [0.3, 0.4) is 0 Å². The first-order valence-electron chi connectivity index (χ1n) is 11.0. The van der Waals surface area contributed by atoms with Crippen LogP contribution in [-0.2, 0) is 11.2 Å². The quantitative estimate of drug-likeness (QED) is 0.614. The minimum atomic E-state index is -0.164. The molecule has 0 radical (unpaired) electrons. The Morgan fingerprint density at radius 3 is 2.73 bits per heavy atom. The van der Waals surface area contributed by atoms with Crippen LogP contribution in [0.15, 0.2) is 36.4 Å². The maximum atomic E-state index is 11.7. The molecule has 30 heavy (non-hydrogen) atoms. The molecule has 0 aromatic heterocycles. The highest BCUT2D eigenvalue weighted by Crippen LogP contribution is 2.33. The number of benzene rings is 2. The molecule has 0 atom stereocenters. The Kier molecular flexibility index (Phi) is 6.60. The number of fused-ring (bicyclic) bond motifs is 1. The zero-order valence-electron chi connectivity index (χ0n) is 17.9. The minimum Gasteiger partial charge on any atom is -0.494 e. The number of hydrogen-bond acceptors (Lipinski definition) is 4. The smallest absolute Gasteiger partial charge is 0.224 e. The van der Waals surface area contributed by atoms with Gasteiger partial charge in [-0.1, -0.05) is 35.3 Å². The lowest BCUT2D eigenvalue weighted by Gasteiger charge is -2.36. The molecule has 2 heterocycles. The van der Waals surface area contributed by atoms with Crippen molar-refractivity contribution in [1.29, 1.82) is 0 Å². The number of halogens is 2. The van der Waals surface area contributed by atoms with Crippen molar-refractivity contribution in [2.45, 2.75) is 25.7 Å². The van der Waals surface area contributed by atoms with Crippen molar-refractivity contribution in [2.24, 2.45) is 0 Å². The van der Waals surface area contributed by atoms with E-state index >= 15 is 0 Å². The number of unbranched alkanes of at least 4 members (excludes halogenated alkanes) is 1. The maximum absolute atomic E-state index is 11.7. The standard InChI is InChI=1S/C23H27Cl2N3O2/c24-19-4-3-5-21(23(19)25)28-13-11-27(12-14-28)10-1-2-15-30-18-8-6-17-7-9-22(29)26-20(17)16-18/h3-6,8,16H,1-2,7,9-15H2,(H,26,29)/i/hD. The average Bonchev–Trinajstić information content (AvgIpc) is 2.79. The highest BCUT2D eigenvalue weighted by Gasteiger charge is 2.19. The van der Waals surface area contributed by atoms with Gasteiger partial charge in [-0.25, -0.2) is 0 Å². The second kappa shape index (κ2) is 9.90. The molecule has 0 bridgehead atoms. The van der Waals surface area contributed by atoms with Crippen LogP contribution in [0.2, 0.25) is 11.5 Å². The van der Waals surface area contributed by atoms with E-state index in [1.807, 2.05) is 30.3 Å². The van der Waals surface area contributed by atoms with Crippen molar-refractivity contribution in [3.05, 3.63) is 52.0 Å². The van der Waals surface area contributed by atoms with Gasteiger partial charge < -0.3 is 14.9 Å². The Balaban J connectivity index is 1.17. The lowest BCUT2D eigenvalue weighted by Crippen LogP contribution is -2.46. The number of carbonyl (C=O) groups is 1. The summed E-state index contributed by atoms with van der Waals surface area (Å²) < 4.78 is 13.8. The lowest BCUT2D eigenvalue weighted by molar-refractivity contribution is -0.116. The summed E-state index contributed by atoms with van der Waals surface area (Å²) in [4.78, 5) is 16.5. The van der Waals surface area contributed by atoms with Gasteiger partial charge in [0.1, 0.15) is 5.75 Å². The van der Waals surface area contributed by atoms with E-state index in [2.05, 4.69) is 9.80 Å². The van der Waals surface area contributed by atoms with Gasteiger partial charge in [0.2, 0.25) is 5.91 Å². The Bertz CT molecular complexity index is 935. The molecule has 1 N–H and O–H groups in total. The van der Waals surface area contributed by atoms with Crippen LogP contribution in [0, 0.1) is 0 Å². The first-order valence-corrected chi connectivity index (χ1v) is 11.3. The Labute approximate surface area is 189 Å². The highest BCUT2D eigenvalue weighted by molar-refractivity contribution is 6.43. The summed E-state index contributed by atoms with van der Waals surface area (Å²) in [5, 5.41) is 2.22. The molecule has 0 saturated carbocycles. The van der Waals surface area contributed by atoms with Crippen LogP contribution in [0.5, 0.6) is 5.75 Å². The molecule has 0 unspecified atom stereocenters. The summed E-state index contributed by atoms with van der Waals surface area (Å²) in [7, 11) is 0. The lowest BCUT2D eigenvalue weighted by atomic mass is 10.0. The summed E-state index contributed by atoms with van der Waals surface area (Å²) >= 11 is 12.5. The molecule has 0 aliphatic carbocycles. The van der Waals surface area contributed by atoms with Gasteiger partial charge in [0.15, 0.2) is 1.41 Å². The van der Waals surface area contributed by atoms with Crippen molar-refractivity contribution < 1.29 is 10.9 Å². The third kappa shape index (κ3) is 5.20. The molecule has 2 aromatic carbocycles. The van der Waals surface area contributed by atoms with Gasteiger partial charge in [0, 0.05) is 44.4 Å². The first-order chi connectivity index (χ1) is 15.0. The SMILES string of the molecule is [2H]N1C(=O)CCc2ccc(OCCCCN3CCN(c4cccc(Cl)c4Cl)CC3)cc21. The topological polar surface area (TPSA) is 44.8 Å².